The predicted molar refractivity (Wildman–Crippen MR) is 91.8 cm³/mol. The third-order valence-electron chi connectivity index (χ3n) is 5.14. The van der Waals surface area contributed by atoms with Gasteiger partial charge in [-0.25, -0.2) is 0 Å². The van der Waals surface area contributed by atoms with Crippen LogP contribution in [0.5, 0.6) is 0 Å². The first kappa shape index (κ1) is 18.2. The molecule has 0 radical (unpaired) electrons. The zero-order valence-corrected chi connectivity index (χ0v) is 15.2. The van der Waals surface area contributed by atoms with Gasteiger partial charge in [0.2, 0.25) is 11.8 Å². The molecule has 2 fully saturated rings. The Morgan fingerprint density at radius 1 is 1.09 bits per heavy atom. The fraction of sp³-hybridized carbons (Fsp3) is 0.889. The fourth-order valence-corrected chi connectivity index (χ4v) is 3.85. The molecule has 0 aromatic heterocycles. The van der Waals surface area contributed by atoms with Gasteiger partial charge in [-0.1, -0.05) is 20.8 Å². The van der Waals surface area contributed by atoms with Crippen LogP contribution in [0.15, 0.2) is 0 Å². The van der Waals surface area contributed by atoms with Gasteiger partial charge in [-0.05, 0) is 39.0 Å². The molecule has 132 valence electrons. The van der Waals surface area contributed by atoms with E-state index in [0.717, 1.165) is 45.2 Å². The minimum Gasteiger partial charge on any atom is -0.341 e. The number of hydrogen-bond acceptors (Lipinski definition) is 3. The molecule has 2 N–H and O–H groups in total. The van der Waals surface area contributed by atoms with Gasteiger partial charge in [-0.2, -0.15) is 0 Å². The number of nitrogens with zero attached hydrogens (tertiary/aromatic N) is 2. The van der Waals surface area contributed by atoms with Gasteiger partial charge < -0.3 is 15.5 Å². The molecule has 5 heteroatoms. The molecule has 0 aromatic rings. The second-order valence-corrected chi connectivity index (χ2v) is 8.29. The van der Waals surface area contributed by atoms with Crippen molar-refractivity contribution in [2.75, 3.05) is 19.6 Å². The summed E-state index contributed by atoms with van der Waals surface area (Å²) in [5.74, 6) is 0.296. The van der Waals surface area contributed by atoms with Gasteiger partial charge in [-0.3, -0.25) is 9.59 Å². The lowest BCUT2D eigenvalue weighted by Gasteiger charge is -2.42. The first-order valence-electron chi connectivity index (χ1n) is 9.07. The zero-order chi connectivity index (χ0) is 17.2. The van der Waals surface area contributed by atoms with Crippen LogP contribution in [0.4, 0.5) is 0 Å². The smallest absolute Gasteiger partial charge is 0.227 e. The van der Waals surface area contributed by atoms with Crippen molar-refractivity contribution in [2.45, 2.75) is 71.9 Å². The number of nitrogens with two attached hydrogens (primary N) is 1. The van der Waals surface area contributed by atoms with E-state index in [1.54, 1.807) is 0 Å². The minimum atomic E-state index is -0.385. The quantitative estimate of drug-likeness (QED) is 0.845. The number of carbonyl (C=O) groups excluding carboxylic acids is 2. The Hall–Kier alpha value is -1.10. The lowest BCUT2D eigenvalue weighted by atomic mass is 9.89. The highest BCUT2D eigenvalue weighted by atomic mass is 16.2. The third-order valence-corrected chi connectivity index (χ3v) is 5.14. The van der Waals surface area contributed by atoms with Crippen LogP contribution in [-0.4, -0.2) is 53.3 Å². The van der Waals surface area contributed by atoms with Crippen molar-refractivity contribution in [1.29, 1.82) is 0 Å². The molecule has 0 aliphatic carbocycles. The number of likely N-dealkylation sites (tertiary alicyclic amines) is 2. The normalized spacial score (nSPS) is 27.7. The highest BCUT2D eigenvalue weighted by Gasteiger charge is 2.37. The van der Waals surface area contributed by atoms with Gasteiger partial charge in [0.25, 0.3) is 0 Å². The van der Waals surface area contributed by atoms with Crippen molar-refractivity contribution < 1.29 is 9.59 Å². The summed E-state index contributed by atoms with van der Waals surface area (Å²) in [5, 5.41) is 0. The van der Waals surface area contributed by atoms with Crippen LogP contribution < -0.4 is 5.73 Å². The Morgan fingerprint density at radius 3 is 2.39 bits per heavy atom. The number of carbonyl (C=O) groups is 2. The summed E-state index contributed by atoms with van der Waals surface area (Å²) in [5.41, 5.74) is 5.71. The topological polar surface area (TPSA) is 66.6 Å². The maximum Gasteiger partial charge on any atom is 0.227 e. The summed E-state index contributed by atoms with van der Waals surface area (Å²) in [6.45, 7) is 9.97. The summed E-state index contributed by atoms with van der Waals surface area (Å²) in [6.07, 6.45) is 5.01. The molecule has 2 aliphatic heterocycles. The van der Waals surface area contributed by atoms with Crippen molar-refractivity contribution in [2.24, 2.45) is 17.1 Å². The molecule has 3 atom stereocenters. The van der Waals surface area contributed by atoms with Crippen LogP contribution in [-0.2, 0) is 9.59 Å². The van der Waals surface area contributed by atoms with Crippen molar-refractivity contribution in [3.05, 3.63) is 0 Å². The highest BCUT2D eigenvalue weighted by molar-refractivity contribution is 5.84. The van der Waals surface area contributed by atoms with E-state index >= 15 is 0 Å². The molecule has 23 heavy (non-hydrogen) atoms. The number of rotatable bonds is 2. The Bertz CT molecular complexity index is 442. The number of hydrogen-bond donors (Lipinski definition) is 1. The van der Waals surface area contributed by atoms with Crippen LogP contribution in [0.3, 0.4) is 0 Å². The summed E-state index contributed by atoms with van der Waals surface area (Å²) in [7, 11) is 0. The van der Waals surface area contributed by atoms with E-state index in [1.165, 1.54) is 0 Å². The lowest BCUT2D eigenvalue weighted by Crippen LogP contribution is -2.56. The van der Waals surface area contributed by atoms with E-state index in [1.807, 2.05) is 37.5 Å². The predicted octanol–water partition coefficient (Wildman–Crippen LogP) is 2.00. The van der Waals surface area contributed by atoms with E-state index in [9.17, 15) is 9.59 Å². The van der Waals surface area contributed by atoms with E-state index in [0.29, 0.717) is 6.54 Å². The fourth-order valence-electron chi connectivity index (χ4n) is 3.85. The highest BCUT2D eigenvalue weighted by Crippen LogP contribution is 2.27. The maximum absolute atomic E-state index is 13.0. The van der Waals surface area contributed by atoms with Gasteiger partial charge >= 0.3 is 0 Å². The SMILES string of the molecule is CC(N)C1CCCCN1C(=O)C1CCCN(C(=O)C(C)(C)C)C1. The zero-order valence-electron chi connectivity index (χ0n) is 15.2. The molecule has 2 rings (SSSR count). The molecule has 0 bridgehead atoms. The van der Waals surface area contributed by atoms with Crippen molar-refractivity contribution in [1.82, 2.24) is 9.80 Å². The Morgan fingerprint density at radius 2 is 1.78 bits per heavy atom. The Labute approximate surface area is 140 Å². The summed E-state index contributed by atoms with van der Waals surface area (Å²) >= 11 is 0. The first-order valence-corrected chi connectivity index (χ1v) is 9.07. The number of piperidine rings is 2. The monoisotopic (exact) mass is 323 g/mol. The summed E-state index contributed by atoms with van der Waals surface area (Å²) in [4.78, 5) is 29.4. The largest absolute Gasteiger partial charge is 0.341 e. The Kier molecular flexibility index (Phi) is 5.71. The van der Waals surface area contributed by atoms with Crippen LogP contribution >= 0.6 is 0 Å². The molecule has 2 heterocycles. The van der Waals surface area contributed by atoms with E-state index in [4.69, 9.17) is 5.73 Å². The van der Waals surface area contributed by atoms with E-state index in [2.05, 4.69) is 0 Å². The van der Waals surface area contributed by atoms with Crippen molar-refractivity contribution in [3.63, 3.8) is 0 Å². The molecule has 3 unspecified atom stereocenters. The molecular weight excluding hydrogens is 290 g/mol. The molecule has 2 saturated heterocycles. The third kappa shape index (κ3) is 4.25. The molecule has 0 spiro atoms. The lowest BCUT2D eigenvalue weighted by molar-refractivity contribution is -0.147. The average Bonchev–Trinajstić information content (AvgIpc) is 2.52. The van der Waals surface area contributed by atoms with Gasteiger partial charge in [0.05, 0.1) is 5.92 Å². The maximum atomic E-state index is 13.0. The van der Waals surface area contributed by atoms with Crippen molar-refractivity contribution in [3.8, 4) is 0 Å². The molecule has 0 saturated carbocycles. The second-order valence-electron chi connectivity index (χ2n) is 8.29. The van der Waals surface area contributed by atoms with Gasteiger partial charge in [-0.15, -0.1) is 0 Å². The van der Waals surface area contributed by atoms with Crippen molar-refractivity contribution >= 4 is 11.8 Å². The standard InChI is InChI=1S/C18H33N3O2/c1-13(19)15-9-5-6-11-21(15)16(22)14-8-7-10-20(12-14)17(23)18(2,3)4/h13-15H,5-12,19H2,1-4H3. The van der Waals surface area contributed by atoms with E-state index in [-0.39, 0.29) is 35.2 Å². The van der Waals surface area contributed by atoms with Gasteiger partial charge in [0.15, 0.2) is 0 Å². The molecule has 2 aliphatic rings. The van der Waals surface area contributed by atoms with Crippen LogP contribution in [0, 0.1) is 11.3 Å². The van der Waals surface area contributed by atoms with Crippen LogP contribution in [0.1, 0.15) is 59.8 Å². The average molecular weight is 323 g/mol. The molecule has 5 nitrogen and oxygen atoms in total. The van der Waals surface area contributed by atoms with Gasteiger partial charge in [0, 0.05) is 37.1 Å². The van der Waals surface area contributed by atoms with Crippen LogP contribution in [0.2, 0.25) is 0 Å². The first-order chi connectivity index (χ1) is 10.7. The second kappa shape index (κ2) is 7.20. The Balaban J connectivity index is 2.05. The van der Waals surface area contributed by atoms with E-state index < -0.39 is 0 Å². The van der Waals surface area contributed by atoms with Gasteiger partial charge in [0.1, 0.15) is 0 Å². The molecule has 2 amide bonds. The molecular formula is C18H33N3O2. The minimum absolute atomic E-state index is 0.00940. The summed E-state index contributed by atoms with van der Waals surface area (Å²) < 4.78 is 0. The molecule has 0 aromatic carbocycles. The number of amides is 2. The van der Waals surface area contributed by atoms with Crippen LogP contribution in [0.25, 0.3) is 0 Å². The summed E-state index contributed by atoms with van der Waals surface area (Å²) in [6, 6.07) is 0.167.